The SMILES string of the molecule is COS(=O)[O-].c1ccc2ccccc2c1. The van der Waals surface area contributed by atoms with Crippen molar-refractivity contribution in [3.8, 4) is 0 Å². The fourth-order valence-corrected chi connectivity index (χ4v) is 1.13. The van der Waals surface area contributed by atoms with Crippen LogP contribution in [0.15, 0.2) is 48.5 Å². The van der Waals surface area contributed by atoms with E-state index in [-0.39, 0.29) is 0 Å². The molecular weight excluding hydrogens is 212 g/mol. The number of hydrogen-bond donors (Lipinski definition) is 0. The van der Waals surface area contributed by atoms with Crippen molar-refractivity contribution in [2.75, 3.05) is 7.11 Å². The standard InChI is InChI=1S/C10H8.CH4O3S/c1-2-6-10-8-4-3-7-9(10)5-1;1-4-5(2)3/h1-8H;1H3,(H,2,3)/p-1. The van der Waals surface area contributed by atoms with Gasteiger partial charge in [-0.25, -0.2) is 4.21 Å². The zero-order valence-corrected chi connectivity index (χ0v) is 9.07. The molecule has 80 valence electrons. The van der Waals surface area contributed by atoms with Crippen molar-refractivity contribution < 1.29 is 12.9 Å². The van der Waals surface area contributed by atoms with Gasteiger partial charge in [0.05, 0.1) is 18.5 Å². The second kappa shape index (κ2) is 6.29. The van der Waals surface area contributed by atoms with E-state index in [1.807, 2.05) is 0 Å². The predicted molar refractivity (Wildman–Crippen MR) is 59.9 cm³/mol. The molecule has 0 bridgehead atoms. The Balaban J connectivity index is 0.000000195. The molecule has 0 heterocycles. The summed E-state index contributed by atoms with van der Waals surface area (Å²) in [5.41, 5.74) is 0. The van der Waals surface area contributed by atoms with E-state index in [0.29, 0.717) is 0 Å². The number of fused-ring (bicyclic) bond motifs is 1. The highest BCUT2D eigenvalue weighted by Gasteiger charge is 1.85. The lowest BCUT2D eigenvalue weighted by Gasteiger charge is -1.94. The molecule has 3 nitrogen and oxygen atoms in total. The molecule has 2 rings (SSSR count). The Morgan fingerprint density at radius 1 is 1.00 bits per heavy atom. The Morgan fingerprint density at radius 3 is 1.47 bits per heavy atom. The average Bonchev–Trinajstić information content (AvgIpc) is 2.30. The van der Waals surface area contributed by atoms with Gasteiger partial charge >= 0.3 is 0 Å². The van der Waals surface area contributed by atoms with Crippen LogP contribution in [0.4, 0.5) is 0 Å². The highest BCUT2D eigenvalue weighted by Crippen LogP contribution is 2.11. The van der Waals surface area contributed by atoms with Crippen LogP contribution in [-0.4, -0.2) is 15.9 Å². The van der Waals surface area contributed by atoms with Crippen LogP contribution < -0.4 is 0 Å². The molecule has 0 aliphatic carbocycles. The van der Waals surface area contributed by atoms with E-state index in [4.69, 9.17) is 8.76 Å². The highest BCUT2D eigenvalue weighted by molar-refractivity contribution is 7.74. The van der Waals surface area contributed by atoms with Gasteiger partial charge in [0.2, 0.25) is 0 Å². The van der Waals surface area contributed by atoms with Crippen LogP contribution in [0, 0.1) is 0 Å². The number of rotatable bonds is 1. The Morgan fingerprint density at radius 2 is 1.27 bits per heavy atom. The van der Waals surface area contributed by atoms with Crippen LogP contribution in [0.1, 0.15) is 0 Å². The minimum absolute atomic E-state index is 1.09. The number of hydrogen-bond acceptors (Lipinski definition) is 3. The average molecular weight is 223 g/mol. The molecule has 2 aromatic rings. The summed E-state index contributed by atoms with van der Waals surface area (Å²) in [7, 11) is 1.09. The minimum atomic E-state index is -2.32. The molecule has 0 radical (unpaired) electrons. The first-order chi connectivity index (χ1) is 7.24. The molecule has 0 saturated heterocycles. The molecule has 0 saturated carbocycles. The largest absolute Gasteiger partial charge is 0.750 e. The molecule has 2 aromatic carbocycles. The van der Waals surface area contributed by atoms with Crippen molar-refractivity contribution >= 4 is 22.1 Å². The molecule has 0 aromatic heterocycles. The van der Waals surface area contributed by atoms with Crippen molar-refractivity contribution in [2.24, 2.45) is 0 Å². The quantitative estimate of drug-likeness (QED) is 0.697. The van der Waals surface area contributed by atoms with Crippen molar-refractivity contribution in [3.05, 3.63) is 48.5 Å². The van der Waals surface area contributed by atoms with E-state index < -0.39 is 11.4 Å². The lowest BCUT2D eigenvalue weighted by molar-refractivity contribution is 0.368. The van der Waals surface area contributed by atoms with Crippen LogP contribution in [-0.2, 0) is 15.5 Å². The van der Waals surface area contributed by atoms with E-state index in [1.54, 1.807) is 0 Å². The van der Waals surface area contributed by atoms with E-state index in [1.165, 1.54) is 10.8 Å². The molecule has 0 amide bonds. The molecule has 15 heavy (non-hydrogen) atoms. The van der Waals surface area contributed by atoms with Crippen molar-refractivity contribution in [3.63, 3.8) is 0 Å². The van der Waals surface area contributed by atoms with Gasteiger partial charge in [0.1, 0.15) is 0 Å². The normalized spacial score (nSPS) is 11.6. The van der Waals surface area contributed by atoms with E-state index in [9.17, 15) is 0 Å². The monoisotopic (exact) mass is 223 g/mol. The molecule has 0 aliphatic heterocycles. The third kappa shape index (κ3) is 4.20. The maximum absolute atomic E-state index is 9.15. The summed E-state index contributed by atoms with van der Waals surface area (Å²) < 4.78 is 22.0. The van der Waals surface area contributed by atoms with Gasteiger partial charge in [0, 0.05) is 0 Å². The minimum Gasteiger partial charge on any atom is -0.750 e. The summed E-state index contributed by atoms with van der Waals surface area (Å²) in [6.45, 7) is 0. The zero-order chi connectivity index (χ0) is 11.1. The number of benzene rings is 2. The fourth-order valence-electron chi connectivity index (χ4n) is 1.13. The van der Waals surface area contributed by atoms with Crippen molar-refractivity contribution in [1.29, 1.82) is 0 Å². The molecule has 0 fully saturated rings. The topological polar surface area (TPSA) is 49.4 Å². The first-order valence-corrected chi connectivity index (χ1v) is 5.31. The van der Waals surface area contributed by atoms with Gasteiger partial charge in [0.25, 0.3) is 0 Å². The summed E-state index contributed by atoms with van der Waals surface area (Å²) in [5.74, 6) is 0. The summed E-state index contributed by atoms with van der Waals surface area (Å²) in [4.78, 5) is 0. The first-order valence-electron chi connectivity index (χ1n) is 4.31. The van der Waals surface area contributed by atoms with Crippen molar-refractivity contribution in [1.82, 2.24) is 0 Å². The third-order valence-electron chi connectivity index (χ3n) is 1.79. The van der Waals surface area contributed by atoms with E-state index in [2.05, 4.69) is 52.7 Å². The lowest BCUT2D eigenvalue weighted by atomic mass is 10.1. The maximum Gasteiger partial charge on any atom is 0.0839 e. The molecule has 4 heteroatoms. The second-order valence-electron chi connectivity index (χ2n) is 2.72. The maximum atomic E-state index is 9.15. The predicted octanol–water partition coefficient (Wildman–Crippen LogP) is 2.27. The second-order valence-corrected chi connectivity index (χ2v) is 3.46. The van der Waals surface area contributed by atoms with Gasteiger partial charge in [-0.1, -0.05) is 48.5 Å². The molecule has 0 aliphatic rings. The van der Waals surface area contributed by atoms with Gasteiger partial charge in [-0.2, -0.15) is 0 Å². The van der Waals surface area contributed by atoms with Crippen LogP contribution in [0.3, 0.4) is 0 Å². The van der Waals surface area contributed by atoms with Crippen molar-refractivity contribution in [2.45, 2.75) is 0 Å². The van der Waals surface area contributed by atoms with Crippen LogP contribution in [0.5, 0.6) is 0 Å². The highest BCUT2D eigenvalue weighted by atomic mass is 32.2. The Kier molecular flexibility index (Phi) is 4.97. The molecule has 1 unspecified atom stereocenters. The Labute approximate surface area is 91.2 Å². The zero-order valence-electron chi connectivity index (χ0n) is 8.25. The van der Waals surface area contributed by atoms with Gasteiger partial charge in [-0.3, -0.25) is 0 Å². The summed E-state index contributed by atoms with van der Waals surface area (Å²) in [5, 5.41) is 2.62. The van der Waals surface area contributed by atoms with E-state index >= 15 is 0 Å². The molecular formula is C11H11O3S-. The van der Waals surface area contributed by atoms with Gasteiger partial charge in [-0.05, 0) is 10.8 Å². The van der Waals surface area contributed by atoms with Gasteiger partial charge in [-0.15, -0.1) is 0 Å². The van der Waals surface area contributed by atoms with Crippen LogP contribution in [0.2, 0.25) is 0 Å². The Hall–Kier alpha value is -1.23. The van der Waals surface area contributed by atoms with Crippen LogP contribution in [0.25, 0.3) is 10.8 Å². The fraction of sp³-hybridized carbons (Fsp3) is 0.0909. The molecule has 0 N–H and O–H groups in total. The lowest BCUT2D eigenvalue weighted by Crippen LogP contribution is -1.85. The van der Waals surface area contributed by atoms with Gasteiger partial charge in [0.15, 0.2) is 0 Å². The molecule has 1 atom stereocenters. The molecule has 0 spiro atoms. The summed E-state index contributed by atoms with van der Waals surface area (Å²) in [6, 6.07) is 16.7. The van der Waals surface area contributed by atoms with Gasteiger partial charge < -0.3 is 8.74 Å². The Bertz CT molecular complexity index is 377. The summed E-state index contributed by atoms with van der Waals surface area (Å²) in [6.07, 6.45) is 0. The smallest absolute Gasteiger partial charge is 0.0839 e. The third-order valence-corrected chi connectivity index (χ3v) is 2.07. The first kappa shape index (κ1) is 11.8. The summed E-state index contributed by atoms with van der Waals surface area (Å²) >= 11 is -2.32. The van der Waals surface area contributed by atoms with Crippen LogP contribution >= 0.6 is 0 Å². The van der Waals surface area contributed by atoms with E-state index in [0.717, 1.165) is 7.11 Å².